The van der Waals surface area contributed by atoms with Crippen molar-refractivity contribution in [3.05, 3.63) is 51.5 Å². The van der Waals surface area contributed by atoms with Gasteiger partial charge in [-0.3, -0.25) is 0 Å². The molecule has 2 aromatic rings. The van der Waals surface area contributed by atoms with E-state index in [1.54, 1.807) is 11.3 Å². The number of aromatic nitrogens is 1. The molecule has 2 N–H and O–H groups in total. The van der Waals surface area contributed by atoms with Crippen LogP contribution in [0.2, 0.25) is 0 Å². The molecule has 0 amide bonds. The highest BCUT2D eigenvalue weighted by Crippen LogP contribution is 2.31. The van der Waals surface area contributed by atoms with Crippen LogP contribution in [0.15, 0.2) is 30.3 Å². The molecule has 0 bridgehead atoms. The molecule has 0 saturated carbocycles. The van der Waals surface area contributed by atoms with Gasteiger partial charge in [0.2, 0.25) is 0 Å². The van der Waals surface area contributed by atoms with Gasteiger partial charge < -0.3 is 5.73 Å². The van der Waals surface area contributed by atoms with Crippen LogP contribution in [0.4, 0.5) is 0 Å². The molecule has 1 unspecified atom stereocenters. The zero-order valence-electron chi connectivity index (χ0n) is 11.9. The molecule has 0 spiro atoms. The quantitative estimate of drug-likeness (QED) is 0.900. The maximum Gasteiger partial charge on any atom is 0.113 e. The number of rotatable bonds is 5. The second-order valence-electron chi connectivity index (χ2n) is 5.05. The van der Waals surface area contributed by atoms with E-state index in [4.69, 9.17) is 10.7 Å². The molecule has 0 aliphatic rings. The molecule has 1 heterocycles. The van der Waals surface area contributed by atoms with Gasteiger partial charge in [0.05, 0.1) is 11.2 Å². The van der Waals surface area contributed by atoms with Crippen molar-refractivity contribution in [2.45, 2.75) is 45.6 Å². The minimum Gasteiger partial charge on any atom is -0.319 e. The first-order chi connectivity index (χ1) is 9.09. The van der Waals surface area contributed by atoms with E-state index in [2.05, 4.69) is 45.0 Å². The summed E-state index contributed by atoms with van der Waals surface area (Å²) in [5, 5.41) is 1.08. The number of aryl methyl sites for hydroxylation is 2. The maximum absolute atomic E-state index is 6.64. The summed E-state index contributed by atoms with van der Waals surface area (Å²) in [6.45, 7) is 6.43. The molecule has 0 saturated heterocycles. The number of hydrogen-bond donors (Lipinski definition) is 1. The molecule has 0 fully saturated rings. The fourth-order valence-electron chi connectivity index (χ4n) is 2.28. The first kappa shape index (κ1) is 14.2. The van der Waals surface area contributed by atoms with Crippen LogP contribution in [0.5, 0.6) is 0 Å². The number of nitrogens with two attached hydrogens (primary N) is 1. The van der Waals surface area contributed by atoms with Gasteiger partial charge in [-0.05, 0) is 31.7 Å². The zero-order valence-corrected chi connectivity index (χ0v) is 12.8. The van der Waals surface area contributed by atoms with Gasteiger partial charge in [0.25, 0.3) is 0 Å². The molecule has 0 aliphatic heterocycles. The van der Waals surface area contributed by atoms with Crippen LogP contribution in [-0.4, -0.2) is 4.98 Å². The van der Waals surface area contributed by atoms with Crippen LogP contribution in [0.3, 0.4) is 0 Å². The van der Waals surface area contributed by atoms with Gasteiger partial charge in [0.15, 0.2) is 0 Å². The Morgan fingerprint density at radius 3 is 2.42 bits per heavy atom. The summed E-state index contributed by atoms with van der Waals surface area (Å²) in [5.41, 5.74) is 8.76. The average molecular weight is 274 g/mol. The molecule has 1 aromatic carbocycles. The number of nitrogens with zero attached hydrogens (tertiary/aromatic N) is 1. The van der Waals surface area contributed by atoms with Crippen molar-refractivity contribution >= 4 is 11.3 Å². The van der Waals surface area contributed by atoms with E-state index in [9.17, 15) is 0 Å². The van der Waals surface area contributed by atoms with E-state index < -0.39 is 0 Å². The Kier molecular flexibility index (Phi) is 4.38. The Morgan fingerprint density at radius 2 is 1.89 bits per heavy atom. The Balaban J connectivity index is 2.31. The lowest BCUT2D eigenvalue weighted by Gasteiger charge is -2.26. The third-order valence-corrected chi connectivity index (χ3v) is 4.88. The Hall–Kier alpha value is -1.19. The molecule has 3 heteroatoms. The van der Waals surface area contributed by atoms with Crippen molar-refractivity contribution in [1.29, 1.82) is 0 Å². The van der Waals surface area contributed by atoms with Gasteiger partial charge in [-0.2, -0.15) is 0 Å². The minimum atomic E-state index is -0.343. The highest BCUT2D eigenvalue weighted by Gasteiger charge is 2.29. The summed E-state index contributed by atoms with van der Waals surface area (Å²) in [7, 11) is 0. The van der Waals surface area contributed by atoms with Crippen molar-refractivity contribution in [2.75, 3.05) is 0 Å². The number of thiazole rings is 1. The van der Waals surface area contributed by atoms with Crippen molar-refractivity contribution in [3.63, 3.8) is 0 Å². The van der Waals surface area contributed by atoms with Crippen LogP contribution in [-0.2, 0) is 18.4 Å². The second kappa shape index (κ2) is 5.85. The average Bonchev–Trinajstić information content (AvgIpc) is 2.81. The Bertz CT molecular complexity index is 533. The molecule has 0 radical (unpaired) electrons. The van der Waals surface area contributed by atoms with Crippen molar-refractivity contribution in [2.24, 2.45) is 5.73 Å². The minimum absolute atomic E-state index is 0.343. The van der Waals surface area contributed by atoms with Gasteiger partial charge in [0.1, 0.15) is 5.01 Å². The molecule has 0 aliphatic carbocycles. The largest absolute Gasteiger partial charge is 0.319 e. The van der Waals surface area contributed by atoms with Crippen LogP contribution >= 0.6 is 11.3 Å². The summed E-state index contributed by atoms with van der Waals surface area (Å²) in [6.07, 6.45) is 2.73. The van der Waals surface area contributed by atoms with E-state index in [0.29, 0.717) is 0 Å². The summed E-state index contributed by atoms with van der Waals surface area (Å²) in [4.78, 5) is 6.06. The van der Waals surface area contributed by atoms with E-state index in [1.807, 2.05) is 6.07 Å². The lowest BCUT2D eigenvalue weighted by molar-refractivity contribution is 0.422. The lowest BCUT2D eigenvalue weighted by Crippen LogP contribution is -2.38. The summed E-state index contributed by atoms with van der Waals surface area (Å²) in [6, 6.07) is 10.4. The molecule has 102 valence electrons. The topological polar surface area (TPSA) is 38.9 Å². The molecule has 2 rings (SSSR count). The third-order valence-electron chi connectivity index (χ3n) is 3.65. The fraction of sp³-hybridized carbons (Fsp3) is 0.438. The van der Waals surface area contributed by atoms with E-state index in [0.717, 1.165) is 24.3 Å². The first-order valence-electron chi connectivity index (χ1n) is 6.88. The molecule has 1 atom stereocenters. The van der Waals surface area contributed by atoms with Crippen molar-refractivity contribution in [3.8, 4) is 0 Å². The van der Waals surface area contributed by atoms with Crippen LogP contribution < -0.4 is 5.73 Å². The van der Waals surface area contributed by atoms with Gasteiger partial charge in [-0.1, -0.05) is 44.2 Å². The SMILES string of the molecule is CCc1nc(C(N)(CC)Cc2ccccc2)sc1C. The Morgan fingerprint density at radius 1 is 1.21 bits per heavy atom. The smallest absolute Gasteiger partial charge is 0.113 e. The second-order valence-corrected chi connectivity index (χ2v) is 6.25. The third kappa shape index (κ3) is 3.04. The van der Waals surface area contributed by atoms with E-state index in [1.165, 1.54) is 16.1 Å². The van der Waals surface area contributed by atoms with Crippen molar-refractivity contribution in [1.82, 2.24) is 4.98 Å². The fourth-order valence-corrected chi connectivity index (χ4v) is 3.45. The highest BCUT2D eigenvalue weighted by atomic mass is 32.1. The molecular formula is C16H22N2S. The van der Waals surface area contributed by atoms with Crippen LogP contribution in [0.1, 0.15) is 41.4 Å². The maximum atomic E-state index is 6.64. The normalized spacial score (nSPS) is 14.3. The van der Waals surface area contributed by atoms with Gasteiger partial charge in [0, 0.05) is 4.88 Å². The molecule has 2 nitrogen and oxygen atoms in total. The standard InChI is InChI=1S/C16H22N2S/c1-4-14-12(3)19-15(18-14)16(17,5-2)11-13-9-7-6-8-10-13/h6-10H,4-5,11,17H2,1-3H3. The Labute approximate surface area is 119 Å². The zero-order chi connectivity index (χ0) is 13.9. The first-order valence-corrected chi connectivity index (χ1v) is 7.70. The summed E-state index contributed by atoms with van der Waals surface area (Å²) >= 11 is 1.75. The lowest BCUT2D eigenvalue weighted by atomic mass is 9.90. The van der Waals surface area contributed by atoms with Gasteiger partial charge >= 0.3 is 0 Å². The molecule has 1 aromatic heterocycles. The van der Waals surface area contributed by atoms with Crippen LogP contribution in [0.25, 0.3) is 0 Å². The molecular weight excluding hydrogens is 252 g/mol. The van der Waals surface area contributed by atoms with Gasteiger partial charge in [-0.25, -0.2) is 4.98 Å². The van der Waals surface area contributed by atoms with Gasteiger partial charge in [-0.15, -0.1) is 11.3 Å². The van der Waals surface area contributed by atoms with E-state index >= 15 is 0 Å². The predicted molar refractivity (Wildman–Crippen MR) is 82.5 cm³/mol. The van der Waals surface area contributed by atoms with Crippen molar-refractivity contribution < 1.29 is 0 Å². The predicted octanol–water partition coefficient (Wildman–Crippen LogP) is 3.82. The monoisotopic (exact) mass is 274 g/mol. The highest BCUT2D eigenvalue weighted by molar-refractivity contribution is 7.11. The summed E-state index contributed by atoms with van der Waals surface area (Å²) < 4.78 is 0. The molecule has 19 heavy (non-hydrogen) atoms. The summed E-state index contributed by atoms with van der Waals surface area (Å²) in [5.74, 6) is 0. The van der Waals surface area contributed by atoms with E-state index in [-0.39, 0.29) is 5.54 Å². The number of hydrogen-bond acceptors (Lipinski definition) is 3. The number of benzene rings is 1. The van der Waals surface area contributed by atoms with Crippen LogP contribution in [0, 0.1) is 6.92 Å².